The van der Waals surface area contributed by atoms with E-state index in [1.807, 2.05) is 66.7 Å². The monoisotopic (exact) mass is 519 g/mol. The van der Waals surface area contributed by atoms with Crippen LogP contribution in [0.5, 0.6) is 0 Å². The molecular weight excluding hydrogens is 490 g/mol. The third-order valence-corrected chi connectivity index (χ3v) is 6.99. The van der Waals surface area contributed by atoms with Gasteiger partial charge in [0.25, 0.3) is 5.91 Å². The predicted octanol–water partition coefficient (Wildman–Crippen LogP) is 4.47. The first-order valence-electron chi connectivity index (χ1n) is 12.7. The first-order valence-corrected chi connectivity index (χ1v) is 12.7. The van der Waals surface area contributed by atoms with Gasteiger partial charge in [-0.1, -0.05) is 91.9 Å². The van der Waals surface area contributed by atoms with Gasteiger partial charge in [-0.05, 0) is 34.0 Å². The van der Waals surface area contributed by atoms with Crippen LogP contribution >= 0.6 is 0 Å². The Morgan fingerprint density at radius 3 is 2.18 bits per heavy atom. The number of carbonyl (C=O) groups excluding carboxylic acids is 3. The normalized spacial score (nSPS) is 17.1. The third kappa shape index (κ3) is 4.72. The molecule has 0 aromatic heterocycles. The highest BCUT2D eigenvalue weighted by Gasteiger charge is 2.59. The van der Waals surface area contributed by atoms with E-state index in [2.05, 4.69) is 5.32 Å². The molecule has 0 aliphatic carbocycles. The number of nitrogens with one attached hydrogen (secondary N) is 2. The van der Waals surface area contributed by atoms with Crippen molar-refractivity contribution >= 4 is 34.5 Å². The number of hydrogen-bond donors (Lipinski definition) is 3. The quantitative estimate of drug-likeness (QED) is 0.181. The Labute approximate surface area is 226 Å². The van der Waals surface area contributed by atoms with E-state index < -0.39 is 17.6 Å². The van der Waals surface area contributed by atoms with Crippen molar-refractivity contribution < 1.29 is 14.4 Å². The third-order valence-electron chi connectivity index (χ3n) is 6.99. The number of nitrogens with two attached hydrogens (primary N) is 1. The average Bonchev–Trinajstić information content (AvgIpc) is 3.15. The second-order valence-electron chi connectivity index (χ2n) is 9.53. The van der Waals surface area contributed by atoms with Crippen molar-refractivity contribution in [1.82, 2.24) is 15.1 Å². The molecule has 1 aliphatic rings. The Hall–Kier alpha value is -4.98. The second kappa shape index (κ2) is 10.4. The minimum atomic E-state index is -1.71. The highest BCUT2D eigenvalue weighted by Crippen LogP contribution is 2.38. The topological polar surface area (TPSA) is 120 Å². The minimum Gasteiger partial charge on any atom is -0.384 e. The maximum Gasteiger partial charge on any atom is 0.330 e. The summed E-state index contributed by atoms with van der Waals surface area (Å²) >= 11 is 0. The molecule has 0 saturated carbocycles. The van der Waals surface area contributed by atoms with E-state index >= 15 is 0 Å². The number of nitrogens with zero attached hydrogens (tertiary/aromatic N) is 2. The molecule has 0 radical (unpaired) electrons. The van der Waals surface area contributed by atoms with E-state index in [1.165, 1.54) is 9.80 Å². The van der Waals surface area contributed by atoms with Crippen LogP contribution in [0.2, 0.25) is 0 Å². The van der Waals surface area contributed by atoms with Crippen LogP contribution in [0.15, 0.2) is 97.1 Å². The van der Waals surface area contributed by atoms with Gasteiger partial charge in [-0.15, -0.1) is 0 Å². The SMILES string of the molecule is CCC(=O)NC1(c2ccccc2)C(=O)N(Cc2ccccc2)C(=O)N1Cc1ccc2ccc(C(=N)N)cc2c1. The zero-order chi connectivity index (χ0) is 27.6. The maximum absolute atomic E-state index is 14.2. The molecule has 8 heteroatoms. The Morgan fingerprint density at radius 2 is 1.51 bits per heavy atom. The van der Waals surface area contributed by atoms with Gasteiger partial charge in [0.1, 0.15) is 5.84 Å². The van der Waals surface area contributed by atoms with Crippen molar-refractivity contribution in [2.24, 2.45) is 5.73 Å². The lowest BCUT2D eigenvalue weighted by Crippen LogP contribution is -2.59. The first-order chi connectivity index (χ1) is 18.8. The lowest BCUT2D eigenvalue weighted by atomic mass is 9.96. The molecule has 1 atom stereocenters. The van der Waals surface area contributed by atoms with Crippen LogP contribution in [0.1, 0.15) is 35.6 Å². The highest BCUT2D eigenvalue weighted by atomic mass is 16.2. The van der Waals surface area contributed by atoms with Crippen LogP contribution in [0.4, 0.5) is 4.79 Å². The van der Waals surface area contributed by atoms with E-state index in [-0.39, 0.29) is 31.3 Å². The molecule has 1 saturated heterocycles. The summed E-state index contributed by atoms with van der Waals surface area (Å²) in [6, 6.07) is 28.9. The van der Waals surface area contributed by atoms with E-state index in [1.54, 1.807) is 37.3 Å². The first kappa shape index (κ1) is 25.7. The van der Waals surface area contributed by atoms with Gasteiger partial charge >= 0.3 is 6.03 Å². The molecule has 1 fully saturated rings. The molecule has 1 heterocycles. The van der Waals surface area contributed by atoms with E-state index in [4.69, 9.17) is 11.1 Å². The molecule has 0 bridgehead atoms. The fourth-order valence-corrected chi connectivity index (χ4v) is 4.97. The smallest absolute Gasteiger partial charge is 0.330 e. The molecule has 8 nitrogen and oxygen atoms in total. The summed E-state index contributed by atoms with van der Waals surface area (Å²) in [5, 5.41) is 12.5. The molecule has 1 aliphatic heterocycles. The number of hydrogen-bond acceptors (Lipinski definition) is 4. The summed E-state index contributed by atoms with van der Waals surface area (Å²) in [6.07, 6.45) is 0.145. The van der Waals surface area contributed by atoms with Gasteiger partial charge in [-0.2, -0.15) is 0 Å². The van der Waals surface area contributed by atoms with Crippen molar-refractivity contribution in [1.29, 1.82) is 5.41 Å². The second-order valence-corrected chi connectivity index (χ2v) is 9.53. The summed E-state index contributed by atoms with van der Waals surface area (Å²) in [5.41, 5.74) is 6.63. The van der Waals surface area contributed by atoms with Crippen molar-refractivity contribution in [2.75, 3.05) is 0 Å². The number of fused-ring (bicyclic) bond motifs is 1. The molecule has 196 valence electrons. The fourth-order valence-electron chi connectivity index (χ4n) is 4.97. The van der Waals surface area contributed by atoms with Gasteiger partial charge in [0.05, 0.1) is 13.1 Å². The van der Waals surface area contributed by atoms with E-state index in [0.717, 1.165) is 21.9 Å². The molecule has 5 rings (SSSR count). The van der Waals surface area contributed by atoms with Gasteiger partial charge in [0.15, 0.2) is 0 Å². The zero-order valence-electron chi connectivity index (χ0n) is 21.6. The van der Waals surface area contributed by atoms with E-state index in [9.17, 15) is 14.4 Å². The molecule has 4 aromatic rings. The van der Waals surface area contributed by atoms with Gasteiger partial charge in [-0.25, -0.2) is 4.79 Å². The zero-order valence-corrected chi connectivity index (χ0v) is 21.6. The molecule has 39 heavy (non-hydrogen) atoms. The lowest BCUT2D eigenvalue weighted by Gasteiger charge is -2.36. The highest BCUT2D eigenvalue weighted by molar-refractivity contribution is 6.08. The van der Waals surface area contributed by atoms with Crippen LogP contribution in [-0.2, 0) is 28.3 Å². The predicted molar refractivity (Wildman–Crippen MR) is 149 cm³/mol. The summed E-state index contributed by atoms with van der Waals surface area (Å²) in [7, 11) is 0. The van der Waals surface area contributed by atoms with Crippen LogP contribution in [0.3, 0.4) is 0 Å². The standard InChI is InChI=1S/C31H29N5O3/c1-2-27(37)34-31(26-11-7-4-8-12-26)29(38)35(19-21-9-5-3-6-10-21)30(39)36(31)20-22-13-14-23-15-16-24(28(32)33)18-25(23)17-22/h3-18H,2,19-20H2,1H3,(H3,32,33)(H,34,37). The number of imide groups is 1. The number of urea groups is 1. The molecule has 4 aromatic carbocycles. The Bertz CT molecular complexity index is 1570. The number of nitrogen functional groups attached to an aromatic ring is 1. The largest absolute Gasteiger partial charge is 0.384 e. The van der Waals surface area contributed by atoms with Gasteiger partial charge < -0.3 is 11.1 Å². The molecule has 1 unspecified atom stereocenters. The van der Waals surface area contributed by atoms with Gasteiger partial charge in [0.2, 0.25) is 11.6 Å². The van der Waals surface area contributed by atoms with Crippen molar-refractivity contribution in [3.05, 3.63) is 119 Å². The fraction of sp³-hybridized carbons (Fsp3) is 0.161. The van der Waals surface area contributed by atoms with Crippen molar-refractivity contribution in [3.63, 3.8) is 0 Å². The maximum atomic E-state index is 14.2. The average molecular weight is 520 g/mol. The van der Waals surface area contributed by atoms with Crippen LogP contribution in [-0.4, -0.2) is 33.5 Å². The number of rotatable bonds is 8. The summed E-state index contributed by atoms with van der Waals surface area (Å²) in [5.74, 6) is -0.898. The van der Waals surface area contributed by atoms with E-state index in [0.29, 0.717) is 11.1 Å². The lowest BCUT2D eigenvalue weighted by molar-refractivity contribution is -0.141. The van der Waals surface area contributed by atoms with Crippen molar-refractivity contribution in [3.8, 4) is 0 Å². The van der Waals surface area contributed by atoms with Gasteiger partial charge in [0, 0.05) is 17.5 Å². The number of amides is 4. The molecule has 0 spiro atoms. The molecule has 4 amide bonds. The summed E-state index contributed by atoms with van der Waals surface area (Å²) < 4.78 is 0. The van der Waals surface area contributed by atoms with Crippen LogP contribution in [0, 0.1) is 5.41 Å². The van der Waals surface area contributed by atoms with Gasteiger partial charge in [-0.3, -0.25) is 24.8 Å². The Balaban J connectivity index is 1.63. The van der Waals surface area contributed by atoms with Crippen LogP contribution < -0.4 is 11.1 Å². The Morgan fingerprint density at radius 1 is 0.846 bits per heavy atom. The Kier molecular flexibility index (Phi) is 6.85. The summed E-state index contributed by atoms with van der Waals surface area (Å²) in [6.45, 7) is 1.84. The van der Waals surface area contributed by atoms with Crippen molar-refractivity contribution in [2.45, 2.75) is 32.1 Å². The minimum absolute atomic E-state index is 0.0375. The number of carbonyl (C=O) groups is 3. The molecule has 4 N–H and O–H groups in total. The molecular formula is C31H29N5O3. The summed E-state index contributed by atoms with van der Waals surface area (Å²) in [4.78, 5) is 43.8. The van der Waals surface area contributed by atoms with Crippen LogP contribution in [0.25, 0.3) is 10.8 Å². The number of benzene rings is 4. The number of amidine groups is 1.